The fourth-order valence-electron chi connectivity index (χ4n) is 4.66. The lowest BCUT2D eigenvalue weighted by atomic mass is 9.65. The van der Waals surface area contributed by atoms with Crippen LogP contribution in [0.1, 0.15) is 44.6 Å². The molecule has 0 aliphatic carbocycles. The molecule has 4 heteroatoms. The molecule has 2 bridgehead atoms. The smallest absolute Gasteiger partial charge is 0.307 e. The third-order valence-electron chi connectivity index (χ3n) is 5.87. The Labute approximate surface area is 155 Å². The Hall–Kier alpha value is -1.91. The first kappa shape index (κ1) is 18.9. The zero-order valence-electron chi connectivity index (χ0n) is 15.3. The van der Waals surface area contributed by atoms with Gasteiger partial charge >= 0.3 is 5.97 Å². The molecule has 3 rings (SSSR count). The van der Waals surface area contributed by atoms with E-state index >= 15 is 0 Å². The number of hydrogen-bond donors (Lipinski definition) is 2. The van der Waals surface area contributed by atoms with Crippen molar-refractivity contribution >= 4 is 5.97 Å². The number of fused-ring (bicyclic) bond motifs is 2. The number of aliphatic carboxylic acids is 1. The first-order chi connectivity index (χ1) is 12.6. The largest absolute Gasteiger partial charge is 0.481 e. The van der Waals surface area contributed by atoms with Crippen LogP contribution < -0.4 is 0 Å². The lowest BCUT2D eigenvalue weighted by Crippen LogP contribution is -2.44. The molecular formula is C22H28O4. The van der Waals surface area contributed by atoms with Gasteiger partial charge < -0.3 is 14.9 Å². The second-order valence-electron chi connectivity index (χ2n) is 7.31. The molecule has 5 atom stereocenters. The van der Waals surface area contributed by atoms with Gasteiger partial charge in [0.15, 0.2) is 0 Å². The van der Waals surface area contributed by atoms with E-state index in [1.165, 1.54) is 0 Å². The van der Waals surface area contributed by atoms with Crippen molar-refractivity contribution in [3.63, 3.8) is 0 Å². The maximum atomic E-state index is 11.6. The third-order valence-corrected chi connectivity index (χ3v) is 5.87. The number of hydrogen-bond acceptors (Lipinski definition) is 3. The van der Waals surface area contributed by atoms with Crippen LogP contribution in [-0.2, 0) is 15.1 Å². The normalized spacial score (nSPS) is 30.2. The Bertz CT molecular complexity index is 666. The topological polar surface area (TPSA) is 66.8 Å². The molecule has 0 amide bonds. The molecule has 0 saturated carbocycles. The Morgan fingerprint density at radius 2 is 1.88 bits per heavy atom. The van der Waals surface area contributed by atoms with Gasteiger partial charge in [-0.2, -0.15) is 0 Å². The molecule has 2 aliphatic heterocycles. The Kier molecular flexibility index (Phi) is 5.94. The van der Waals surface area contributed by atoms with Crippen LogP contribution in [0.15, 0.2) is 54.6 Å². The summed E-state index contributed by atoms with van der Waals surface area (Å²) in [6.07, 6.45) is 11.3. The van der Waals surface area contributed by atoms with E-state index < -0.39 is 11.6 Å². The van der Waals surface area contributed by atoms with Gasteiger partial charge in [-0.1, -0.05) is 61.6 Å². The summed E-state index contributed by atoms with van der Waals surface area (Å²) in [5.74, 6) is -0.462. The molecule has 2 aliphatic rings. The van der Waals surface area contributed by atoms with Crippen molar-refractivity contribution in [2.45, 2.75) is 56.8 Å². The maximum absolute atomic E-state index is 11.6. The fourth-order valence-corrected chi connectivity index (χ4v) is 4.66. The number of carboxylic acids is 1. The predicted molar refractivity (Wildman–Crippen MR) is 101 cm³/mol. The van der Waals surface area contributed by atoms with Crippen molar-refractivity contribution in [1.82, 2.24) is 0 Å². The highest BCUT2D eigenvalue weighted by atomic mass is 16.5. The molecule has 1 unspecified atom stereocenters. The molecule has 1 aromatic carbocycles. The van der Waals surface area contributed by atoms with E-state index in [9.17, 15) is 9.90 Å². The van der Waals surface area contributed by atoms with Crippen LogP contribution in [0.25, 0.3) is 0 Å². The van der Waals surface area contributed by atoms with Gasteiger partial charge in [0.05, 0.1) is 24.2 Å². The molecule has 0 spiro atoms. The highest BCUT2D eigenvalue weighted by molar-refractivity contribution is 5.68. The zero-order chi connectivity index (χ0) is 18.6. The molecule has 4 nitrogen and oxygen atoms in total. The molecular weight excluding hydrogens is 328 g/mol. The van der Waals surface area contributed by atoms with Gasteiger partial charge in [-0.05, 0) is 37.2 Å². The summed E-state index contributed by atoms with van der Waals surface area (Å²) >= 11 is 0. The first-order valence-corrected chi connectivity index (χ1v) is 9.53. The quantitative estimate of drug-likeness (QED) is 0.690. The minimum absolute atomic E-state index is 0.0355. The van der Waals surface area contributed by atoms with E-state index in [2.05, 4.69) is 6.08 Å². The van der Waals surface area contributed by atoms with E-state index in [1.807, 2.05) is 43.3 Å². The number of carbonyl (C=O) groups is 1. The zero-order valence-corrected chi connectivity index (χ0v) is 15.3. The summed E-state index contributed by atoms with van der Waals surface area (Å²) < 4.78 is 6.19. The minimum Gasteiger partial charge on any atom is -0.481 e. The van der Waals surface area contributed by atoms with Gasteiger partial charge in [0, 0.05) is 5.92 Å². The van der Waals surface area contributed by atoms with E-state index in [0.29, 0.717) is 6.42 Å². The Morgan fingerprint density at radius 3 is 2.58 bits per heavy atom. The summed E-state index contributed by atoms with van der Waals surface area (Å²) in [6.45, 7) is 2.04. The second-order valence-corrected chi connectivity index (χ2v) is 7.31. The molecule has 2 N–H and O–H groups in total. The van der Waals surface area contributed by atoms with Crippen LogP contribution in [0.2, 0.25) is 0 Å². The summed E-state index contributed by atoms with van der Waals surface area (Å²) in [6, 6.07) is 9.95. The van der Waals surface area contributed by atoms with Crippen molar-refractivity contribution in [2.24, 2.45) is 11.8 Å². The molecule has 2 saturated heterocycles. The van der Waals surface area contributed by atoms with Crippen molar-refractivity contribution in [3.05, 3.63) is 60.2 Å². The van der Waals surface area contributed by atoms with Crippen molar-refractivity contribution < 1.29 is 19.7 Å². The van der Waals surface area contributed by atoms with E-state index in [4.69, 9.17) is 9.84 Å². The number of allylic oxidation sites excluding steroid dienone is 3. The average molecular weight is 356 g/mol. The van der Waals surface area contributed by atoms with Crippen LogP contribution >= 0.6 is 0 Å². The lowest BCUT2D eigenvalue weighted by molar-refractivity contribution is -0.136. The molecule has 0 radical (unpaired) electrons. The van der Waals surface area contributed by atoms with E-state index in [0.717, 1.165) is 24.8 Å². The number of benzene rings is 1. The van der Waals surface area contributed by atoms with Gasteiger partial charge in [-0.15, -0.1) is 0 Å². The fraction of sp³-hybridized carbons (Fsp3) is 0.500. The SMILES string of the molecule is CCC(O)(c1ccccc1)[C@H]1[C@@H](C/C=C\C=CCC(=O)O)[C@H]2CC[C@@H]1O2. The molecule has 2 heterocycles. The second kappa shape index (κ2) is 8.19. The van der Waals surface area contributed by atoms with Crippen molar-refractivity contribution in [1.29, 1.82) is 0 Å². The first-order valence-electron chi connectivity index (χ1n) is 9.53. The third kappa shape index (κ3) is 3.76. The maximum Gasteiger partial charge on any atom is 0.307 e. The average Bonchev–Trinajstić information content (AvgIpc) is 3.26. The molecule has 2 fully saturated rings. The lowest BCUT2D eigenvalue weighted by Gasteiger charge is -2.41. The van der Waals surface area contributed by atoms with Crippen LogP contribution in [-0.4, -0.2) is 28.4 Å². The predicted octanol–water partition coefficient (Wildman–Crippen LogP) is 4.06. The minimum atomic E-state index is -0.876. The monoisotopic (exact) mass is 356 g/mol. The highest BCUT2D eigenvalue weighted by Gasteiger charge is 2.56. The number of ether oxygens (including phenoxy) is 1. The standard InChI is InChI=1S/C22H28O4/c1-2-22(25,16-10-6-5-7-11-16)21-17(18-14-15-19(21)26-18)12-8-3-4-9-13-20(23)24/h3-11,17-19,21,25H,2,12-15H2,1H3,(H,23,24)/b8-3-,9-4?/t17-,18+,19-,21-,22?/m0/s1. The molecule has 1 aromatic rings. The Balaban J connectivity index is 1.75. The summed E-state index contributed by atoms with van der Waals surface area (Å²) in [5.41, 5.74) is 0.0950. The van der Waals surface area contributed by atoms with Gasteiger partial charge in [-0.25, -0.2) is 0 Å². The van der Waals surface area contributed by atoms with Crippen LogP contribution in [0, 0.1) is 11.8 Å². The van der Waals surface area contributed by atoms with Crippen LogP contribution in [0.3, 0.4) is 0 Å². The van der Waals surface area contributed by atoms with Gasteiger partial charge in [-0.3, -0.25) is 4.79 Å². The highest BCUT2D eigenvalue weighted by Crippen LogP contribution is 2.53. The van der Waals surface area contributed by atoms with Crippen molar-refractivity contribution in [3.8, 4) is 0 Å². The van der Waals surface area contributed by atoms with Crippen LogP contribution in [0.4, 0.5) is 0 Å². The van der Waals surface area contributed by atoms with Gasteiger partial charge in [0.25, 0.3) is 0 Å². The number of carboxylic acid groups (broad SMARTS) is 1. The summed E-state index contributed by atoms with van der Waals surface area (Å²) in [5, 5.41) is 20.3. The summed E-state index contributed by atoms with van der Waals surface area (Å²) in [7, 11) is 0. The molecule has 26 heavy (non-hydrogen) atoms. The number of rotatable bonds is 8. The number of aliphatic hydroxyl groups is 1. The van der Waals surface area contributed by atoms with Gasteiger partial charge in [0.2, 0.25) is 0 Å². The van der Waals surface area contributed by atoms with Crippen molar-refractivity contribution in [2.75, 3.05) is 0 Å². The molecule has 0 aromatic heterocycles. The van der Waals surface area contributed by atoms with E-state index in [1.54, 1.807) is 12.2 Å². The Morgan fingerprint density at radius 1 is 1.19 bits per heavy atom. The van der Waals surface area contributed by atoms with Gasteiger partial charge in [0.1, 0.15) is 0 Å². The van der Waals surface area contributed by atoms with E-state index in [-0.39, 0.29) is 30.5 Å². The summed E-state index contributed by atoms with van der Waals surface area (Å²) in [4.78, 5) is 10.5. The van der Waals surface area contributed by atoms with Crippen LogP contribution in [0.5, 0.6) is 0 Å². The molecule has 140 valence electrons.